The number of aromatic nitrogens is 1. The highest BCUT2D eigenvalue weighted by molar-refractivity contribution is 9.10. The monoisotopic (exact) mass is 332 g/mol. The summed E-state index contributed by atoms with van der Waals surface area (Å²) in [4.78, 5) is 14.6. The molecular weight excluding hydrogens is 316 g/mol. The van der Waals surface area contributed by atoms with Crippen molar-refractivity contribution in [3.63, 3.8) is 0 Å². The Balaban J connectivity index is 1.95. The van der Waals surface area contributed by atoms with E-state index in [0.29, 0.717) is 0 Å². The molecule has 1 aromatic heterocycles. The molecule has 1 aromatic carbocycles. The van der Waals surface area contributed by atoms with Crippen LogP contribution in [0.4, 0.5) is 0 Å². The number of hydrogen-bond donors (Lipinski definition) is 0. The molecule has 1 fully saturated rings. The van der Waals surface area contributed by atoms with Gasteiger partial charge in [-0.2, -0.15) is 0 Å². The Bertz CT molecular complexity index is 681. The molecule has 0 spiro atoms. The van der Waals surface area contributed by atoms with E-state index >= 15 is 0 Å². The highest BCUT2D eigenvalue weighted by Gasteiger charge is 2.15. The molecule has 104 valence electrons. The Hall–Kier alpha value is -1.55. The third-order valence-electron chi connectivity index (χ3n) is 3.81. The predicted octanol–water partition coefficient (Wildman–Crippen LogP) is 3.73. The Morgan fingerprint density at radius 2 is 2.05 bits per heavy atom. The average molecular weight is 333 g/mol. The molecule has 0 unspecified atom stereocenters. The van der Waals surface area contributed by atoms with E-state index in [1.165, 1.54) is 12.8 Å². The number of hydrogen-bond acceptors (Lipinski definition) is 2. The van der Waals surface area contributed by atoms with Crippen molar-refractivity contribution in [3.8, 4) is 0 Å². The summed E-state index contributed by atoms with van der Waals surface area (Å²) in [6, 6.07) is 5.99. The van der Waals surface area contributed by atoms with E-state index in [9.17, 15) is 4.79 Å². The van der Waals surface area contributed by atoms with Gasteiger partial charge < -0.3 is 9.47 Å². The highest BCUT2D eigenvalue weighted by Crippen LogP contribution is 2.29. The van der Waals surface area contributed by atoms with E-state index in [-0.39, 0.29) is 5.78 Å². The summed E-state index contributed by atoms with van der Waals surface area (Å²) in [5, 5.41) is 0.992. The summed E-state index contributed by atoms with van der Waals surface area (Å²) in [5.74, 6) is 0.0643. The first kappa shape index (κ1) is 13.4. The van der Waals surface area contributed by atoms with Crippen molar-refractivity contribution in [2.45, 2.75) is 12.8 Å². The molecule has 0 radical (unpaired) electrons. The second-order valence-corrected chi connectivity index (χ2v) is 6.07. The molecule has 0 bridgehead atoms. The van der Waals surface area contributed by atoms with E-state index in [2.05, 4.69) is 20.8 Å². The van der Waals surface area contributed by atoms with Crippen LogP contribution in [0.25, 0.3) is 10.9 Å². The van der Waals surface area contributed by atoms with Crippen molar-refractivity contribution < 1.29 is 4.79 Å². The predicted molar refractivity (Wildman–Crippen MR) is 84.9 cm³/mol. The van der Waals surface area contributed by atoms with Gasteiger partial charge in [-0.1, -0.05) is 22.0 Å². The Kier molecular flexibility index (Phi) is 3.66. The minimum absolute atomic E-state index is 0.0643. The SMILES string of the molecule is Cn1cc(C(=O)/C=C/N2CCCC2)c2c(Br)cccc21. The summed E-state index contributed by atoms with van der Waals surface area (Å²) in [6.07, 6.45) is 7.98. The van der Waals surface area contributed by atoms with Gasteiger partial charge in [-0.05, 0) is 25.0 Å². The molecule has 0 saturated carbocycles. The standard InChI is InChI=1S/C16H17BrN2O/c1-18-11-12(16-13(17)5-4-6-14(16)18)15(20)7-10-19-8-2-3-9-19/h4-7,10-11H,2-3,8-9H2,1H3/b10-7+. The van der Waals surface area contributed by atoms with Gasteiger partial charge in [-0.15, -0.1) is 0 Å². The van der Waals surface area contributed by atoms with E-state index < -0.39 is 0 Å². The van der Waals surface area contributed by atoms with Gasteiger partial charge in [-0.25, -0.2) is 0 Å². The lowest BCUT2D eigenvalue weighted by molar-refractivity contribution is 0.104. The van der Waals surface area contributed by atoms with Crippen LogP contribution in [0, 0.1) is 0 Å². The number of fused-ring (bicyclic) bond motifs is 1. The van der Waals surface area contributed by atoms with Gasteiger partial charge in [-0.3, -0.25) is 4.79 Å². The van der Waals surface area contributed by atoms with Crippen molar-refractivity contribution in [2.24, 2.45) is 7.05 Å². The molecule has 0 amide bonds. The molecule has 1 aliphatic rings. The molecule has 0 N–H and O–H groups in total. The number of benzene rings is 1. The molecule has 4 heteroatoms. The second-order valence-electron chi connectivity index (χ2n) is 5.21. The minimum atomic E-state index is 0.0643. The molecule has 0 atom stereocenters. The van der Waals surface area contributed by atoms with E-state index in [1.54, 1.807) is 6.08 Å². The maximum atomic E-state index is 12.4. The number of carbonyl (C=O) groups is 1. The van der Waals surface area contributed by atoms with Gasteiger partial charge in [0.25, 0.3) is 0 Å². The number of nitrogens with zero attached hydrogens (tertiary/aromatic N) is 2. The lowest BCUT2D eigenvalue weighted by atomic mass is 10.1. The van der Waals surface area contributed by atoms with Crippen molar-refractivity contribution in [3.05, 3.63) is 46.7 Å². The molecule has 1 aliphatic heterocycles. The van der Waals surface area contributed by atoms with Crippen molar-refractivity contribution in [1.29, 1.82) is 0 Å². The smallest absolute Gasteiger partial charge is 0.189 e. The topological polar surface area (TPSA) is 25.2 Å². The largest absolute Gasteiger partial charge is 0.377 e. The fraction of sp³-hybridized carbons (Fsp3) is 0.312. The zero-order chi connectivity index (χ0) is 14.1. The van der Waals surface area contributed by atoms with Crippen molar-refractivity contribution in [1.82, 2.24) is 9.47 Å². The van der Waals surface area contributed by atoms with Gasteiger partial charge in [0, 0.05) is 59.5 Å². The third kappa shape index (κ3) is 2.40. The van der Waals surface area contributed by atoms with Crippen molar-refractivity contribution in [2.75, 3.05) is 13.1 Å². The first-order valence-corrected chi connectivity index (χ1v) is 7.66. The number of likely N-dealkylation sites (tertiary alicyclic amines) is 1. The first-order valence-electron chi connectivity index (χ1n) is 6.87. The summed E-state index contributed by atoms with van der Waals surface area (Å²) in [5.41, 5.74) is 1.82. The van der Waals surface area contributed by atoms with Crippen LogP contribution in [-0.4, -0.2) is 28.3 Å². The van der Waals surface area contributed by atoms with Crippen molar-refractivity contribution >= 4 is 32.6 Å². The fourth-order valence-corrected chi connectivity index (χ4v) is 3.31. The zero-order valence-corrected chi connectivity index (χ0v) is 13.1. The molecule has 3 rings (SSSR count). The minimum Gasteiger partial charge on any atom is -0.377 e. The van der Waals surface area contributed by atoms with Gasteiger partial charge in [0.05, 0.1) is 0 Å². The summed E-state index contributed by atoms with van der Waals surface area (Å²) < 4.78 is 2.96. The molecule has 2 heterocycles. The molecule has 20 heavy (non-hydrogen) atoms. The first-order chi connectivity index (χ1) is 9.66. The van der Waals surface area contributed by atoms with Gasteiger partial charge in [0.2, 0.25) is 0 Å². The van der Waals surface area contributed by atoms with Gasteiger partial charge >= 0.3 is 0 Å². The summed E-state index contributed by atoms with van der Waals surface area (Å²) in [7, 11) is 1.97. The number of halogens is 1. The normalized spacial score (nSPS) is 15.6. The van der Waals surface area contributed by atoms with Crippen LogP contribution in [0.3, 0.4) is 0 Å². The Labute approximate surface area is 127 Å². The third-order valence-corrected chi connectivity index (χ3v) is 4.47. The Morgan fingerprint density at radius 1 is 1.30 bits per heavy atom. The zero-order valence-electron chi connectivity index (χ0n) is 11.5. The molecule has 2 aromatic rings. The molecular formula is C16H17BrN2O. The number of carbonyl (C=O) groups excluding carboxylic acids is 1. The van der Waals surface area contributed by atoms with Crippen LogP contribution >= 0.6 is 15.9 Å². The maximum Gasteiger partial charge on any atom is 0.189 e. The Morgan fingerprint density at radius 3 is 2.80 bits per heavy atom. The molecule has 3 nitrogen and oxygen atoms in total. The van der Waals surface area contributed by atoms with Crippen LogP contribution in [0.1, 0.15) is 23.2 Å². The lowest BCUT2D eigenvalue weighted by Crippen LogP contribution is -2.11. The number of ketones is 1. The quantitative estimate of drug-likeness (QED) is 0.632. The molecule has 1 saturated heterocycles. The van der Waals surface area contributed by atoms with Crippen LogP contribution in [0.5, 0.6) is 0 Å². The second kappa shape index (κ2) is 5.44. The van der Waals surface area contributed by atoms with Gasteiger partial charge in [0.15, 0.2) is 5.78 Å². The summed E-state index contributed by atoms with van der Waals surface area (Å²) >= 11 is 3.55. The maximum absolute atomic E-state index is 12.4. The number of aryl methyl sites for hydroxylation is 1. The highest BCUT2D eigenvalue weighted by atomic mass is 79.9. The van der Waals surface area contributed by atoms with Crippen LogP contribution in [0.15, 0.2) is 41.1 Å². The van der Waals surface area contributed by atoms with E-state index in [0.717, 1.165) is 34.0 Å². The average Bonchev–Trinajstić information content (AvgIpc) is 3.05. The molecule has 0 aliphatic carbocycles. The van der Waals surface area contributed by atoms with Crippen LogP contribution in [0.2, 0.25) is 0 Å². The van der Waals surface area contributed by atoms with Crippen LogP contribution in [-0.2, 0) is 7.05 Å². The number of allylic oxidation sites excluding steroid dienone is 1. The lowest BCUT2D eigenvalue weighted by Gasteiger charge is -2.09. The van der Waals surface area contributed by atoms with E-state index in [1.807, 2.05) is 42.2 Å². The van der Waals surface area contributed by atoms with Gasteiger partial charge in [0.1, 0.15) is 0 Å². The van der Waals surface area contributed by atoms with Crippen LogP contribution < -0.4 is 0 Å². The van der Waals surface area contributed by atoms with E-state index in [4.69, 9.17) is 0 Å². The number of rotatable bonds is 3. The summed E-state index contributed by atoms with van der Waals surface area (Å²) in [6.45, 7) is 2.12. The fourth-order valence-electron chi connectivity index (χ4n) is 2.74.